The van der Waals surface area contributed by atoms with Gasteiger partial charge in [0.1, 0.15) is 6.04 Å². The maximum Gasteiger partial charge on any atom is 0.243 e. The van der Waals surface area contributed by atoms with Gasteiger partial charge in [-0.25, -0.2) is 8.42 Å². The van der Waals surface area contributed by atoms with E-state index in [0.717, 1.165) is 12.8 Å². The number of rotatable bonds is 7. The summed E-state index contributed by atoms with van der Waals surface area (Å²) < 4.78 is 27.2. The van der Waals surface area contributed by atoms with E-state index in [4.69, 9.17) is 5.73 Å². The molecule has 1 amide bonds. The summed E-state index contributed by atoms with van der Waals surface area (Å²) >= 11 is 0. The van der Waals surface area contributed by atoms with E-state index in [1.54, 1.807) is 0 Å². The number of nitrogens with one attached hydrogen (secondary N) is 1. The van der Waals surface area contributed by atoms with E-state index in [1.165, 1.54) is 35.5 Å². The van der Waals surface area contributed by atoms with Gasteiger partial charge >= 0.3 is 0 Å². The second-order valence-electron chi connectivity index (χ2n) is 6.14. The van der Waals surface area contributed by atoms with Crippen LogP contribution in [0.3, 0.4) is 0 Å². The van der Waals surface area contributed by atoms with Crippen molar-refractivity contribution in [2.75, 3.05) is 19.6 Å². The van der Waals surface area contributed by atoms with Gasteiger partial charge in [-0.2, -0.15) is 4.31 Å². The smallest absolute Gasteiger partial charge is 0.243 e. The number of nitrogens with two attached hydrogens (primary N) is 1. The molecule has 1 saturated heterocycles. The fourth-order valence-electron chi connectivity index (χ4n) is 2.88. The Morgan fingerprint density at radius 3 is 2.46 bits per heavy atom. The van der Waals surface area contributed by atoms with E-state index in [2.05, 4.69) is 5.32 Å². The second kappa shape index (κ2) is 10.0. The minimum Gasteiger partial charge on any atom is -0.355 e. The van der Waals surface area contributed by atoms with Crippen molar-refractivity contribution in [2.24, 2.45) is 5.73 Å². The fraction of sp³-hybridized carbons (Fsp3) is 0.529. The highest BCUT2D eigenvalue weighted by Crippen LogP contribution is 2.25. The summed E-state index contributed by atoms with van der Waals surface area (Å²) in [5, 5.41) is 2.76. The van der Waals surface area contributed by atoms with Gasteiger partial charge in [0.25, 0.3) is 0 Å². The van der Waals surface area contributed by atoms with Crippen LogP contribution in [0, 0.1) is 0 Å². The Kier molecular flexibility index (Phi) is 8.69. The summed E-state index contributed by atoms with van der Waals surface area (Å²) in [6.07, 6.45) is 2.68. The van der Waals surface area contributed by atoms with E-state index in [9.17, 15) is 18.0 Å². The van der Waals surface area contributed by atoms with Crippen LogP contribution in [0.4, 0.5) is 0 Å². The van der Waals surface area contributed by atoms with E-state index in [-0.39, 0.29) is 29.0 Å². The molecule has 9 heteroatoms. The first kappa shape index (κ1) is 22.6. The molecule has 1 aromatic rings. The molecule has 0 radical (unpaired) electrons. The lowest BCUT2D eigenvalue weighted by molar-refractivity contribution is -0.125. The predicted molar refractivity (Wildman–Crippen MR) is 102 cm³/mol. The number of amides is 1. The number of benzene rings is 1. The van der Waals surface area contributed by atoms with Crippen LogP contribution < -0.4 is 11.1 Å². The molecule has 0 bridgehead atoms. The largest absolute Gasteiger partial charge is 0.355 e. The number of hydrogen-bond donors (Lipinski definition) is 2. The molecule has 0 aromatic heterocycles. The Bertz CT molecular complexity index is 722. The molecule has 26 heavy (non-hydrogen) atoms. The molecule has 7 nitrogen and oxygen atoms in total. The molecule has 1 fully saturated rings. The van der Waals surface area contributed by atoms with Crippen LogP contribution >= 0.6 is 12.4 Å². The van der Waals surface area contributed by atoms with Gasteiger partial charge in [0.15, 0.2) is 5.78 Å². The van der Waals surface area contributed by atoms with Crippen molar-refractivity contribution in [1.82, 2.24) is 9.62 Å². The van der Waals surface area contributed by atoms with Gasteiger partial charge in [-0.3, -0.25) is 9.59 Å². The highest BCUT2D eigenvalue weighted by Gasteiger charge is 2.37. The number of carbonyl (C=O) groups is 2. The lowest BCUT2D eigenvalue weighted by Gasteiger charge is -2.33. The molecule has 3 N–H and O–H groups in total. The summed E-state index contributed by atoms with van der Waals surface area (Å²) in [7, 11) is -3.79. The molecule has 0 aliphatic carbocycles. The number of carbonyl (C=O) groups excluding carboxylic acids is 2. The zero-order chi connectivity index (χ0) is 18.4. The van der Waals surface area contributed by atoms with E-state index in [0.29, 0.717) is 38.0 Å². The lowest BCUT2D eigenvalue weighted by Crippen LogP contribution is -2.52. The minimum absolute atomic E-state index is 0. The number of ketones is 1. The van der Waals surface area contributed by atoms with Gasteiger partial charge in [-0.15, -0.1) is 12.4 Å². The third-order valence-corrected chi connectivity index (χ3v) is 6.23. The number of piperidine rings is 1. The maximum atomic E-state index is 13.0. The number of hydrogen-bond acceptors (Lipinski definition) is 5. The highest BCUT2D eigenvalue weighted by molar-refractivity contribution is 7.89. The molecule has 146 valence electrons. The van der Waals surface area contributed by atoms with Gasteiger partial charge in [0.2, 0.25) is 15.9 Å². The maximum absolute atomic E-state index is 13.0. The molecule has 2 rings (SSSR count). The molecular weight excluding hydrogens is 378 g/mol. The first-order valence-corrected chi connectivity index (χ1v) is 9.92. The molecule has 0 spiro atoms. The van der Waals surface area contributed by atoms with E-state index < -0.39 is 16.1 Å². The summed E-state index contributed by atoms with van der Waals surface area (Å²) in [5.41, 5.74) is 5.87. The number of halogens is 1. The fourth-order valence-corrected chi connectivity index (χ4v) is 4.54. The molecule has 1 aliphatic rings. The second-order valence-corrected chi connectivity index (χ2v) is 8.03. The SMILES string of the molecule is CC(=O)c1ccc(S(=O)(=O)N2CCCCC2C(=O)NCCCN)cc1.Cl. The zero-order valence-electron chi connectivity index (χ0n) is 14.8. The average Bonchev–Trinajstić information content (AvgIpc) is 2.62. The lowest BCUT2D eigenvalue weighted by atomic mass is 10.0. The van der Waals surface area contributed by atoms with Crippen molar-refractivity contribution in [2.45, 2.75) is 43.5 Å². The first-order valence-electron chi connectivity index (χ1n) is 8.48. The molecule has 0 saturated carbocycles. The zero-order valence-corrected chi connectivity index (χ0v) is 16.4. The quantitative estimate of drug-likeness (QED) is 0.527. The highest BCUT2D eigenvalue weighted by atomic mass is 35.5. The van der Waals surface area contributed by atoms with Gasteiger partial charge in [-0.1, -0.05) is 18.6 Å². The Hall–Kier alpha value is -1.48. The summed E-state index contributed by atoms with van der Waals surface area (Å²) in [4.78, 5) is 23.9. The minimum atomic E-state index is -3.79. The number of Topliss-reactive ketones (excluding diaryl/α,β-unsaturated/α-hetero) is 1. The van der Waals surface area contributed by atoms with Crippen LogP contribution in [-0.2, 0) is 14.8 Å². The molecule has 1 atom stereocenters. The van der Waals surface area contributed by atoms with Gasteiger partial charge in [0.05, 0.1) is 4.90 Å². The number of sulfonamides is 1. The van der Waals surface area contributed by atoms with Crippen molar-refractivity contribution < 1.29 is 18.0 Å². The molecule has 1 aliphatic heterocycles. The van der Waals surface area contributed by atoms with Crippen LogP contribution in [0.1, 0.15) is 43.0 Å². The summed E-state index contributed by atoms with van der Waals surface area (Å²) in [6.45, 7) is 2.64. The molecular formula is C17H26ClN3O4S. The molecule has 1 unspecified atom stereocenters. The van der Waals surface area contributed by atoms with Crippen molar-refractivity contribution in [3.63, 3.8) is 0 Å². The normalized spacial score (nSPS) is 18.0. The van der Waals surface area contributed by atoms with Crippen molar-refractivity contribution in [1.29, 1.82) is 0 Å². The van der Waals surface area contributed by atoms with Crippen LogP contribution in [0.15, 0.2) is 29.2 Å². The monoisotopic (exact) mass is 403 g/mol. The van der Waals surface area contributed by atoms with Crippen LogP contribution in [0.5, 0.6) is 0 Å². The standard InChI is InChI=1S/C17H25N3O4S.ClH/c1-13(21)14-6-8-15(9-7-14)25(23,24)20-12-3-2-5-16(20)17(22)19-11-4-10-18;/h6-9,16H,2-5,10-12,18H2,1H3,(H,19,22);1H. The third-order valence-electron chi connectivity index (χ3n) is 4.30. The van der Waals surface area contributed by atoms with Crippen LogP contribution in [0.2, 0.25) is 0 Å². The first-order chi connectivity index (χ1) is 11.9. The van der Waals surface area contributed by atoms with Gasteiger partial charge in [-0.05, 0) is 44.9 Å². The molecule has 1 aromatic carbocycles. The number of nitrogens with zero attached hydrogens (tertiary/aromatic N) is 1. The third kappa shape index (κ3) is 5.26. The van der Waals surface area contributed by atoms with E-state index in [1.807, 2.05) is 0 Å². The van der Waals surface area contributed by atoms with E-state index >= 15 is 0 Å². The summed E-state index contributed by atoms with van der Waals surface area (Å²) in [6, 6.07) is 5.13. The van der Waals surface area contributed by atoms with Crippen LogP contribution in [-0.4, -0.2) is 50.1 Å². The topological polar surface area (TPSA) is 110 Å². The Balaban J connectivity index is 0.00000338. The molecule has 1 heterocycles. The van der Waals surface area contributed by atoms with Crippen molar-refractivity contribution in [3.05, 3.63) is 29.8 Å². The average molecular weight is 404 g/mol. The van der Waals surface area contributed by atoms with Gasteiger partial charge < -0.3 is 11.1 Å². The Morgan fingerprint density at radius 2 is 1.88 bits per heavy atom. The van der Waals surface area contributed by atoms with Gasteiger partial charge in [0, 0.05) is 18.7 Å². The van der Waals surface area contributed by atoms with Crippen molar-refractivity contribution >= 4 is 34.1 Å². The summed E-state index contributed by atoms with van der Waals surface area (Å²) in [5.74, 6) is -0.406. The van der Waals surface area contributed by atoms with Crippen LogP contribution in [0.25, 0.3) is 0 Å². The predicted octanol–water partition coefficient (Wildman–Crippen LogP) is 1.32. The Morgan fingerprint density at radius 1 is 1.23 bits per heavy atom. The van der Waals surface area contributed by atoms with Crippen molar-refractivity contribution in [3.8, 4) is 0 Å². The Labute approximate surface area is 160 Å².